The molecule has 0 rings (SSSR count). The van der Waals surface area contributed by atoms with Gasteiger partial charge >= 0.3 is 5.97 Å². The van der Waals surface area contributed by atoms with Crippen LogP contribution in [0, 0.1) is 0 Å². The third-order valence-corrected chi connectivity index (χ3v) is 10.6. The smallest absolute Gasteiger partial charge is 0.306 e. The molecule has 51 heavy (non-hydrogen) atoms. The molecular weight excluding hydrogens is 629 g/mol. The molecule has 0 amide bonds. The number of aliphatic hydroxyl groups excluding tert-OH is 1. The first-order valence-electron chi connectivity index (χ1n) is 23.3. The van der Waals surface area contributed by atoms with Gasteiger partial charge in [0.25, 0.3) is 0 Å². The molecule has 0 aliphatic carbocycles. The maximum absolute atomic E-state index is 12.2. The number of hydrogen-bond donors (Lipinski definition) is 1. The van der Waals surface area contributed by atoms with Crippen molar-refractivity contribution in [2.45, 2.75) is 264 Å². The molecule has 4 nitrogen and oxygen atoms in total. The van der Waals surface area contributed by atoms with Gasteiger partial charge in [0.15, 0.2) is 0 Å². The Balaban J connectivity index is 3.37. The van der Waals surface area contributed by atoms with Gasteiger partial charge in [-0.1, -0.05) is 225 Å². The highest BCUT2D eigenvalue weighted by Crippen LogP contribution is 2.16. The van der Waals surface area contributed by atoms with Crippen molar-refractivity contribution < 1.29 is 19.4 Å². The largest absolute Gasteiger partial charge is 0.457 e. The van der Waals surface area contributed by atoms with Gasteiger partial charge in [-0.3, -0.25) is 4.79 Å². The summed E-state index contributed by atoms with van der Waals surface area (Å²) < 4.78 is 11.2. The van der Waals surface area contributed by atoms with E-state index in [0.29, 0.717) is 19.6 Å². The van der Waals surface area contributed by atoms with Crippen LogP contribution in [0.4, 0.5) is 0 Å². The fourth-order valence-corrected chi connectivity index (χ4v) is 7.09. The van der Waals surface area contributed by atoms with Crippen LogP contribution in [0.2, 0.25) is 0 Å². The predicted octanol–water partition coefficient (Wildman–Crippen LogP) is 15.3. The summed E-state index contributed by atoms with van der Waals surface area (Å²) in [7, 11) is 0. The number of esters is 1. The fourth-order valence-electron chi connectivity index (χ4n) is 7.09. The second-order valence-corrected chi connectivity index (χ2v) is 15.8. The molecule has 1 unspecified atom stereocenters. The summed E-state index contributed by atoms with van der Waals surface area (Å²) in [6, 6.07) is 0. The Kier molecular flexibility index (Phi) is 44.5. The summed E-state index contributed by atoms with van der Waals surface area (Å²) in [6.45, 7) is 5.39. The van der Waals surface area contributed by atoms with E-state index in [9.17, 15) is 9.90 Å². The average Bonchev–Trinajstić information content (AvgIpc) is 3.14. The number of hydrogen-bond acceptors (Lipinski definition) is 4. The van der Waals surface area contributed by atoms with E-state index in [0.717, 1.165) is 19.3 Å². The molecular formula is C47H92O4. The topological polar surface area (TPSA) is 55.8 Å². The molecule has 1 atom stereocenters. The van der Waals surface area contributed by atoms with Crippen molar-refractivity contribution in [3.63, 3.8) is 0 Å². The number of allylic oxidation sites excluding steroid dienone is 2. The van der Waals surface area contributed by atoms with Crippen LogP contribution in [-0.2, 0) is 14.3 Å². The molecule has 4 heteroatoms. The van der Waals surface area contributed by atoms with Crippen molar-refractivity contribution >= 4 is 5.97 Å². The van der Waals surface area contributed by atoms with E-state index < -0.39 is 6.10 Å². The monoisotopic (exact) mass is 721 g/mol. The molecule has 0 spiro atoms. The lowest BCUT2D eigenvalue weighted by Crippen LogP contribution is -2.27. The standard InChI is InChI=1S/C47H92O4/c1-3-5-7-9-11-13-15-17-19-21-23-24-26-28-30-32-34-36-38-40-42-47(49)51-46(44-48)45-50-43-41-39-37-35-33-31-29-27-25-22-20-18-16-14-12-10-8-6-4-2/h20,22,46,48H,3-19,21,23-45H2,1-2H3/b22-20-. The van der Waals surface area contributed by atoms with Crippen LogP contribution < -0.4 is 0 Å². The van der Waals surface area contributed by atoms with Gasteiger partial charge in [-0.2, -0.15) is 0 Å². The summed E-state index contributed by atoms with van der Waals surface area (Å²) in [5, 5.41) is 9.62. The average molecular weight is 721 g/mol. The van der Waals surface area contributed by atoms with Crippen molar-refractivity contribution in [2.24, 2.45) is 0 Å². The van der Waals surface area contributed by atoms with Crippen LogP contribution >= 0.6 is 0 Å². The lowest BCUT2D eigenvalue weighted by atomic mass is 10.0. The van der Waals surface area contributed by atoms with Gasteiger partial charge in [0.05, 0.1) is 13.2 Å². The lowest BCUT2D eigenvalue weighted by Gasteiger charge is -2.16. The number of ether oxygens (including phenoxy) is 2. The molecule has 0 saturated heterocycles. The molecule has 0 aliphatic rings. The number of unbranched alkanes of at least 4 members (excludes halogenated alkanes) is 34. The van der Waals surface area contributed by atoms with Crippen LogP contribution in [0.3, 0.4) is 0 Å². The number of carbonyl (C=O) groups excluding carboxylic acids is 1. The normalized spacial score (nSPS) is 12.3. The van der Waals surface area contributed by atoms with Crippen molar-refractivity contribution in [3.05, 3.63) is 12.2 Å². The van der Waals surface area contributed by atoms with Gasteiger partial charge in [0.2, 0.25) is 0 Å². The Morgan fingerprint density at radius 1 is 0.451 bits per heavy atom. The van der Waals surface area contributed by atoms with Crippen LogP contribution in [0.5, 0.6) is 0 Å². The van der Waals surface area contributed by atoms with Crippen molar-refractivity contribution in [1.82, 2.24) is 0 Å². The van der Waals surface area contributed by atoms with Crippen LogP contribution in [0.1, 0.15) is 258 Å². The number of rotatable bonds is 44. The van der Waals surface area contributed by atoms with Gasteiger partial charge in [0.1, 0.15) is 6.10 Å². The Morgan fingerprint density at radius 2 is 0.765 bits per heavy atom. The Labute approximate surface area is 320 Å². The maximum atomic E-state index is 12.2. The third-order valence-electron chi connectivity index (χ3n) is 10.6. The van der Waals surface area contributed by atoms with Gasteiger partial charge in [-0.05, 0) is 38.5 Å². The van der Waals surface area contributed by atoms with E-state index in [1.54, 1.807) is 0 Å². The quantitative estimate of drug-likeness (QED) is 0.0387. The van der Waals surface area contributed by atoms with Crippen molar-refractivity contribution in [1.29, 1.82) is 0 Å². The molecule has 0 bridgehead atoms. The molecule has 0 heterocycles. The number of aliphatic hydroxyl groups is 1. The minimum absolute atomic E-state index is 0.167. The molecule has 0 aromatic heterocycles. The zero-order valence-corrected chi connectivity index (χ0v) is 34.9. The molecule has 0 aromatic rings. The highest BCUT2D eigenvalue weighted by Gasteiger charge is 2.13. The molecule has 0 aliphatic heterocycles. The van der Waals surface area contributed by atoms with Crippen LogP contribution in [-0.4, -0.2) is 37.0 Å². The van der Waals surface area contributed by atoms with E-state index >= 15 is 0 Å². The molecule has 1 N–H and O–H groups in total. The van der Waals surface area contributed by atoms with E-state index in [1.807, 2.05) is 0 Å². The second-order valence-electron chi connectivity index (χ2n) is 15.8. The summed E-state index contributed by atoms with van der Waals surface area (Å²) in [6.07, 6.45) is 54.3. The first-order chi connectivity index (χ1) is 25.2. The Hall–Kier alpha value is -0.870. The second kappa shape index (κ2) is 45.3. The summed E-state index contributed by atoms with van der Waals surface area (Å²) >= 11 is 0. The summed E-state index contributed by atoms with van der Waals surface area (Å²) in [5.74, 6) is -0.195. The zero-order valence-electron chi connectivity index (χ0n) is 34.9. The van der Waals surface area contributed by atoms with Crippen molar-refractivity contribution in [2.75, 3.05) is 19.8 Å². The van der Waals surface area contributed by atoms with Gasteiger partial charge in [-0.25, -0.2) is 0 Å². The number of carbonyl (C=O) groups is 1. The van der Waals surface area contributed by atoms with Crippen LogP contribution in [0.15, 0.2) is 12.2 Å². The maximum Gasteiger partial charge on any atom is 0.306 e. The first-order valence-corrected chi connectivity index (χ1v) is 23.3. The van der Waals surface area contributed by atoms with E-state index in [2.05, 4.69) is 26.0 Å². The first kappa shape index (κ1) is 50.1. The third kappa shape index (κ3) is 43.4. The van der Waals surface area contributed by atoms with E-state index in [-0.39, 0.29) is 12.6 Å². The molecule has 0 radical (unpaired) electrons. The lowest BCUT2D eigenvalue weighted by molar-refractivity contribution is -0.154. The minimum Gasteiger partial charge on any atom is -0.457 e. The van der Waals surface area contributed by atoms with Gasteiger partial charge < -0.3 is 14.6 Å². The minimum atomic E-state index is -0.530. The molecule has 0 fully saturated rings. The molecule has 304 valence electrons. The van der Waals surface area contributed by atoms with E-state index in [1.165, 1.54) is 218 Å². The highest BCUT2D eigenvalue weighted by atomic mass is 16.6. The van der Waals surface area contributed by atoms with Gasteiger partial charge in [-0.15, -0.1) is 0 Å². The summed E-state index contributed by atoms with van der Waals surface area (Å²) in [5.41, 5.74) is 0. The van der Waals surface area contributed by atoms with Crippen molar-refractivity contribution in [3.8, 4) is 0 Å². The van der Waals surface area contributed by atoms with E-state index in [4.69, 9.17) is 9.47 Å². The Bertz CT molecular complexity index is 677. The fraction of sp³-hybridized carbons (Fsp3) is 0.936. The Morgan fingerprint density at radius 3 is 1.12 bits per heavy atom. The zero-order chi connectivity index (χ0) is 37.0. The van der Waals surface area contributed by atoms with Gasteiger partial charge in [0, 0.05) is 13.0 Å². The molecule has 0 saturated carbocycles. The molecule has 0 aromatic carbocycles. The predicted molar refractivity (Wildman–Crippen MR) is 224 cm³/mol. The summed E-state index contributed by atoms with van der Waals surface area (Å²) in [4.78, 5) is 12.2. The highest BCUT2D eigenvalue weighted by molar-refractivity contribution is 5.69. The SMILES string of the molecule is CCCCCCCCC/C=C\CCCCCCCCCCOCC(CO)OC(=O)CCCCCCCCCCCCCCCCCCCCCC. The van der Waals surface area contributed by atoms with Crippen LogP contribution in [0.25, 0.3) is 0 Å².